The standard InChI is InChI=1S/C24H30FN5O/c1-17-11-18(12-20(31)13-24(25)5-9-29(2)10-6-24)16-30(15-17)21-4-3-19(14-26)22-23(21)28-8-7-27-22/h3-4,7-8,17-18H,5-6,9-13,15-16H2,1-2H3/t17-,18-/m0/s1. The highest BCUT2D eigenvalue weighted by atomic mass is 19.1. The van der Waals surface area contributed by atoms with E-state index in [2.05, 4.69) is 32.8 Å². The molecule has 0 spiro atoms. The van der Waals surface area contributed by atoms with Crippen LogP contribution in [0.15, 0.2) is 24.5 Å². The minimum Gasteiger partial charge on any atom is -0.369 e. The summed E-state index contributed by atoms with van der Waals surface area (Å²) in [5, 5.41) is 9.39. The van der Waals surface area contributed by atoms with Crippen LogP contribution in [0.4, 0.5) is 10.1 Å². The lowest BCUT2D eigenvalue weighted by atomic mass is 9.82. The zero-order chi connectivity index (χ0) is 22.0. The van der Waals surface area contributed by atoms with Gasteiger partial charge in [-0.2, -0.15) is 5.26 Å². The normalized spacial score (nSPS) is 24.1. The van der Waals surface area contributed by atoms with Gasteiger partial charge in [0.05, 0.1) is 11.3 Å². The molecule has 4 rings (SSSR count). The number of anilines is 1. The van der Waals surface area contributed by atoms with Gasteiger partial charge in [-0.25, -0.2) is 4.39 Å². The summed E-state index contributed by atoms with van der Waals surface area (Å²) in [5.41, 5.74) is 1.44. The first-order valence-electron chi connectivity index (χ1n) is 11.1. The fourth-order valence-electron chi connectivity index (χ4n) is 5.16. The third-order valence-electron chi connectivity index (χ3n) is 6.72. The van der Waals surface area contributed by atoms with E-state index in [9.17, 15) is 10.1 Å². The van der Waals surface area contributed by atoms with Crippen LogP contribution in [0.25, 0.3) is 11.0 Å². The van der Waals surface area contributed by atoms with Crippen LogP contribution in [0.2, 0.25) is 0 Å². The fraction of sp³-hybridized carbons (Fsp3) is 0.583. The number of hydrogen-bond donors (Lipinski definition) is 0. The number of rotatable bonds is 5. The zero-order valence-electron chi connectivity index (χ0n) is 18.4. The van der Waals surface area contributed by atoms with Crippen molar-refractivity contribution in [2.45, 2.75) is 44.7 Å². The molecule has 0 unspecified atom stereocenters. The van der Waals surface area contributed by atoms with Crippen molar-refractivity contribution in [3.63, 3.8) is 0 Å². The molecule has 0 N–H and O–H groups in total. The first-order chi connectivity index (χ1) is 14.9. The molecule has 1 aromatic heterocycles. The van der Waals surface area contributed by atoms with E-state index in [1.807, 2.05) is 13.1 Å². The zero-order valence-corrected chi connectivity index (χ0v) is 18.4. The SMILES string of the molecule is C[C@H]1C[C@@H](CC(=O)CC2(F)CCN(C)CC2)CN(c2ccc(C#N)c3nccnc23)C1. The third kappa shape index (κ3) is 4.85. The van der Waals surface area contributed by atoms with Gasteiger partial charge >= 0.3 is 0 Å². The summed E-state index contributed by atoms with van der Waals surface area (Å²) in [6, 6.07) is 5.91. The second-order valence-corrected chi connectivity index (χ2v) is 9.48. The van der Waals surface area contributed by atoms with Crippen LogP contribution in [-0.4, -0.2) is 59.5 Å². The number of likely N-dealkylation sites (tertiary alicyclic amines) is 1. The summed E-state index contributed by atoms with van der Waals surface area (Å²) < 4.78 is 15.1. The van der Waals surface area contributed by atoms with Crippen LogP contribution >= 0.6 is 0 Å². The number of halogens is 1. The lowest BCUT2D eigenvalue weighted by Gasteiger charge is -2.38. The maximum atomic E-state index is 15.1. The highest BCUT2D eigenvalue weighted by Gasteiger charge is 2.37. The van der Waals surface area contributed by atoms with E-state index in [-0.39, 0.29) is 18.1 Å². The van der Waals surface area contributed by atoms with E-state index >= 15 is 4.39 Å². The molecule has 1 aromatic carbocycles. The van der Waals surface area contributed by atoms with Gasteiger partial charge in [0.2, 0.25) is 0 Å². The molecule has 2 aliphatic rings. The average molecular weight is 424 g/mol. The average Bonchev–Trinajstić information content (AvgIpc) is 2.74. The van der Waals surface area contributed by atoms with Gasteiger partial charge in [-0.3, -0.25) is 14.8 Å². The predicted octanol–water partition coefficient (Wildman–Crippen LogP) is 3.75. The van der Waals surface area contributed by atoms with Crippen molar-refractivity contribution in [1.82, 2.24) is 14.9 Å². The molecule has 0 aliphatic carbocycles. The lowest BCUT2D eigenvalue weighted by Crippen LogP contribution is -2.43. The van der Waals surface area contributed by atoms with E-state index in [4.69, 9.17) is 0 Å². The van der Waals surface area contributed by atoms with Crippen LogP contribution in [0, 0.1) is 23.2 Å². The van der Waals surface area contributed by atoms with Crippen LogP contribution in [-0.2, 0) is 4.79 Å². The third-order valence-corrected chi connectivity index (χ3v) is 6.72. The number of ketones is 1. The number of alkyl halides is 1. The molecule has 0 radical (unpaired) electrons. The minimum absolute atomic E-state index is 0.0376. The van der Waals surface area contributed by atoms with Gasteiger partial charge in [0.1, 0.15) is 28.6 Å². The quantitative estimate of drug-likeness (QED) is 0.729. The number of nitrogens with zero attached hydrogens (tertiary/aromatic N) is 5. The van der Waals surface area contributed by atoms with Crippen LogP contribution in [0.5, 0.6) is 0 Å². The van der Waals surface area contributed by atoms with Crippen molar-refractivity contribution >= 4 is 22.5 Å². The van der Waals surface area contributed by atoms with Crippen molar-refractivity contribution in [2.75, 3.05) is 38.1 Å². The molecule has 0 amide bonds. The Labute approximate surface area is 183 Å². The summed E-state index contributed by atoms with van der Waals surface area (Å²) in [4.78, 5) is 26.0. The molecule has 2 aliphatic heterocycles. The van der Waals surface area contributed by atoms with E-state index in [1.54, 1.807) is 18.5 Å². The Morgan fingerprint density at radius 2 is 1.94 bits per heavy atom. The Balaban J connectivity index is 1.47. The summed E-state index contributed by atoms with van der Waals surface area (Å²) in [6.45, 7) is 5.21. The molecule has 2 aromatic rings. The number of carbonyl (C=O) groups excluding carboxylic acids is 1. The number of carbonyl (C=O) groups is 1. The molecule has 2 atom stereocenters. The van der Waals surface area contributed by atoms with Gasteiger partial charge in [-0.15, -0.1) is 0 Å². The molecule has 164 valence electrons. The highest BCUT2D eigenvalue weighted by Crippen LogP contribution is 2.35. The van der Waals surface area contributed by atoms with Crippen molar-refractivity contribution in [3.8, 4) is 6.07 Å². The van der Waals surface area contributed by atoms with Crippen molar-refractivity contribution < 1.29 is 9.18 Å². The summed E-state index contributed by atoms with van der Waals surface area (Å²) in [6.07, 6.45) is 5.55. The summed E-state index contributed by atoms with van der Waals surface area (Å²) >= 11 is 0. The maximum Gasteiger partial charge on any atom is 0.136 e. The maximum absolute atomic E-state index is 15.1. The van der Waals surface area contributed by atoms with Gasteiger partial charge in [-0.05, 0) is 50.3 Å². The largest absolute Gasteiger partial charge is 0.369 e. The number of Topliss-reactive ketones (excluding diaryl/α,β-unsaturated/α-hetero) is 1. The van der Waals surface area contributed by atoms with Gasteiger partial charge in [-0.1, -0.05) is 6.92 Å². The first kappa shape index (κ1) is 21.6. The molecule has 7 heteroatoms. The Morgan fingerprint density at radius 1 is 1.23 bits per heavy atom. The second kappa shape index (κ2) is 8.88. The van der Waals surface area contributed by atoms with Crippen molar-refractivity contribution in [1.29, 1.82) is 5.26 Å². The van der Waals surface area contributed by atoms with E-state index < -0.39 is 5.67 Å². The number of piperidine rings is 2. The number of fused-ring (bicyclic) bond motifs is 1. The first-order valence-corrected chi connectivity index (χ1v) is 11.1. The Hall–Kier alpha value is -2.59. The van der Waals surface area contributed by atoms with Crippen LogP contribution in [0.1, 0.15) is 44.6 Å². The molecule has 3 heterocycles. The summed E-state index contributed by atoms with van der Waals surface area (Å²) in [5.74, 6) is 0.639. The number of hydrogen-bond acceptors (Lipinski definition) is 6. The Morgan fingerprint density at radius 3 is 2.65 bits per heavy atom. The Bertz CT molecular complexity index is 995. The van der Waals surface area contributed by atoms with Crippen molar-refractivity contribution in [2.24, 2.45) is 11.8 Å². The molecule has 31 heavy (non-hydrogen) atoms. The lowest BCUT2D eigenvalue weighted by molar-refractivity contribution is -0.123. The topological polar surface area (TPSA) is 73.1 Å². The van der Waals surface area contributed by atoms with Gasteiger partial charge in [0.15, 0.2) is 0 Å². The highest BCUT2D eigenvalue weighted by molar-refractivity contribution is 5.92. The molecule has 6 nitrogen and oxygen atoms in total. The van der Waals surface area contributed by atoms with E-state index in [0.717, 1.165) is 30.7 Å². The number of benzene rings is 1. The molecule has 0 bridgehead atoms. The summed E-state index contributed by atoms with van der Waals surface area (Å²) in [7, 11) is 2.00. The van der Waals surface area contributed by atoms with Crippen LogP contribution < -0.4 is 4.90 Å². The van der Waals surface area contributed by atoms with E-state index in [1.165, 1.54) is 0 Å². The van der Waals surface area contributed by atoms with Gasteiger partial charge in [0.25, 0.3) is 0 Å². The monoisotopic (exact) mass is 423 g/mol. The molecular weight excluding hydrogens is 393 g/mol. The minimum atomic E-state index is -1.34. The molecular formula is C24H30FN5O. The number of nitriles is 1. The Kier molecular flexibility index (Phi) is 6.19. The van der Waals surface area contributed by atoms with E-state index in [0.29, 0.717) is 49.4 Å². The van der Waals surface area contributed by atoms with Gasteiger partial charge < -0.3 is 9.80 Å². The predicted molar refractivity (Wildman–Crippen MR) is 119 cm³/mol. The number of aromatic nitrogens is 2. The molecule has 0 saturated carbocycles. The fourth-order valence-corrected chi connectivity index (χ4v) is 5.16. The smallest absolute Gasteiger partial charge is 0.136 e. The molecule has 2 fully saturated rings. The van der Waals surface area contributed by atoms with Crippen LogP contribution in [0.3, 0.4) is 0 Å². The van der Waals surface area contributed by atoms with Gasteiger partial charge in [0, 0.05) is 51.4 Å². The second-order valence-electron chi connectivity index (χ2n) is 9.48. The van der Waals surface area contributed by atoms with Crippen molar-refractivity contribution in [3.05, 3.63) is 30.1 Å². The molecule has 2 saturated heterocycles.